The number of hydrogen-bond donors (Lipinski definition) is 0. The van der Waals surface area contributed by atoms with Crippen LogP contribution in [0.5, 0.6) is 11.5 Å². The summed E-state index contributed by atoms with van der Waals surface area (Å²) in [6.45, 7) is 2.86. The molecule has 4 aliphatic carbocycles. The Morgan fingerprint density at radius 3 is 2.41 bits per heavy atom. The van der Waals surface area contributed by atoms with Crippen LogP contribution in [0.3, 0.4) is 0 Å². The second-order valence-electron chi connectivity index (χ2n) is 10.4. The van der Waals surface area contributed by atoms with Crippen LogP contribution in [0.1, 0.15) is 24.5 Å². The van der Waals surface area contributed by atoms with Crippen LogP contribution >= 0.6 is 0 Å². The number of esters is 2. The van der Waals surface area contributed by atoms with Gasteiger partial charge in [0, 0.05) is 24.1 Å². The summed E-state index contributed by atoms with van der Waals surface area (Å²) in [6.07, 6.45) is 5.55. The van der Waals surface area contributed by atoms with Crippen molar-refractivity contribution in [2.75, 3.05) is 42.0 Å². The zero-order valence-corrected chi connectivity index (χ0v) is 20.5. The van der Waals surface area contributed by atoms with Gasteiger partial charge in [-0.3, -0.25) is 9.59 Å². The molecule has 2 fully saturated rings. The first-order valence-corrected chi connectivity index (χ1v) is 11.8. The smallest absolute Gasteiger partial charge is 0.313 e. The number of ether oxygens (including phenoxy) is 5. The SMILES string of the molecule is COC(=O)[C@@H]1[C@H](C(=O)OC)[C@@]23C=C[C@@]1(OC)[C@@]1(C)Oc4c(OC)ccc5c4[C@]21CCN(C)[C@H]3C5. The molecule has 0 amide bonds. The number of carbonyl (C=O) groups excluding carboxylic acids is 2. The van der Waals surface area contributed by atoms with Crippen LogP contribution in [0.4, 0.5) is 0 Å². The number of nitrogens with zero attached hydrogens (tertiary/aromatic N) is 1. The number of carbonyl (C=O) groups is 2. The van der Waals surface area contributed by atoms with Crippen LogP contribution in [0.25, 0.3) is 0 Å². The summed E-state index contributed by atoms with van der Waals surface area (Å²) < 4.78 is 29.7. The van der Waals surface area contributed by atoms with Gasteiger partial charge in [0.1, 0.15) is 11.5 Å². The maximum absolute atomic E-state index is 13.7. The maximum atomic E-state index is 13.7. The van der Waals surface area contributed by atoms with Crippen LogP contribution in [-0.4, -0.2) is 76.1 Å². The van der Waals surface area contributed by atoms with Gasteiger partial charge in [0.2, 0.25) is 0 Å². The zero-order chi connectivity index (χ0) is 24.3. The van der Waals surface area contributed by atoms with Gasteiger partial charge in [-0.2, -0.15) is 0 Å². The van der Waals surface area contributed by atoms with Gasteiger partial charge in [-0.25, -0.2) is 0 Å². The fourth-order valence-corrected chi connectivity index (χ4v) is 8.80. The highest BCUT2D eigenvalue weighted by Gasteiger charge is 2.88. The van der Waals surface area contributed by atoms with E-state index < -0.39 is 45.8 Å². The van der Waals surface area contributed by atoms with Crippen LogP contribution in [0, 0.1) is 17.3 Å². The largest absolute Gasteiger partial charge is 0.493 e. The lowest BCUT2D eigenvalue weighted by atomic mass is 9.30. The van der Waals surface area contributed by atoms with E-state index in [0.717, 1.165) is 24.9 Å². The van der Waals surface area contributed by atoms with Gasteiger partial charge < -0.3 is 28.6 Å². The molecule has 0 radical (unpaired) electrons. The molecule has 8 nitrogen and oxygen atoms in total. The van der Waals surface area contributed by atoms with E-state index in [9.17, 15) is 9.59 Å². The van der Waals surface area contributed by atoms with Crippen molar-refractivity contribution in [3.8, 4) is 11.5 Å². The topological polar surface area (TPSA) is 83.5 Å². The number of hydrogen-bond acceptors (Lipinski definition) is 8. The lowest BCUT2D eigenvalue weighted by Gasteiger charge is -2.75. The van der Waals surface area contributed by atoms with Gasteiger partial charge in [0.15, 0.2) is 17.1 Å². The van der Waals surface area contributed by atoms with Crippen molar-refractivity contribution in [1.82, 2.24) is 4.90 Å². The van der Waals surface area contributed by atoms with E-state index in [1.807, 2.05) is 19.1 Å². The molecule has 7 atom stereocenters. The maximum Gasteiger partial charge on any atom is 0.313 e. The Labute approximate surface area is 199 Å². The highest BCUT2D eigenvalue weighted by molar-refractivity contribution is 5.88. The minimum atomic E-state index is -1.25. The van der Waals surface area contributed by atoms with Gasteiger partial charge in [0.25, 0.3) is 0 Å². The van der Waals surface area contributed by atoms with Crippen molar-refractivity contribution in [3.05, 3.63) is 35.4 Å². The predicted molar refractivity (Wildman–Crippen MR) is 121 cm³/mol. The first kappa shape index (κ1) is 21.9. The van der Waals surface area contributed by atoms with Gasteiger partial charge >= 0.3 is 11.9 Å². The first-order chi connectivity index (χ1) is 16.2. The molecule has 182 valence electrons. The zero-order valence-electron chi connectivity index (χ0n) is 20.5. The Morgan fingerprint density at radius 1 is 1.06 bits per heavy atom. The van der Waals surface area contributed by atoms with Crippen LogP contribution < -0.4 is 9.47 Å². The minimum absolute atomic E-state index is 0.0429. The second kappa shape index (κ2) is 6.55. The third kappa shape index (κ3) is 1.88. The molecule has 8 heteroatoms. The molecular formula is C26H31NO7. The number of likely N-dealkylation sites (N-methyl/N-ethyl adjacent to an activating group) is 1. The van der Waals surface area contributed by atoms with E-state index in [1.165, 1.54) is 19.8 Å². The lowest BCUT2D eigenvalue weighted by Crippen LogP contribution is -2.87. The first-order valence-electron chi connectivity index (χ1n) is 11.8. The number of fused-ring (bicyclic) bond motifs is 1. The molecule has 0 aromatic heterocycles. The molecule has 7 rings (SSSR count). The molecule has 4 bridgehead atoms. The number of benzene rings is 1. The van der Waals surface area contributed by atoms with E-state index >= 15 is 0 Å². The van der Waals surface area contributed by atoms with E-state index in [-0.39, 0.29) is 6.04 Å². The summed E-state index contributed by atoms with van der Waals surface area (Å²) >= 11 is 0. The Hall–Kier alpha value is -2.58. The normalized spacial score (nSPS) is 42.6. The predicted octanol–water partition coefficient (Wildman–Crippen LogP) is 1.88. The minimum Gasteiger partial charge on any atom is -0.493 e. The molecule has 2 heterocycles. The Kier molecular flexibility index (Phi) is 4.22. The molecule has 2 aliphatic heterocycles. The summed E-state index contributed by atoms with van der Waals surface area (Å²) in [5.41, 5.74) is -1.35. The molecule has 1 aromatic rings. The van der Waals surface area contributed by atoms with Crippen molar-refractivity contribution in [2.45, 2.75) is 42.4 Å². The van der Waals surface area contributed by atoms with Crippen LogP contribution in [0.15, 0.2) is 24.3 Å². The molecular weight excluding hydrogens is 438 g/mol. The standard InChI is InChI=1S/C26H31NO7/c1-23-25-11-12-27(2)16(13-14-7-8-15(30-3)20(34-23)17(14)25)24(25)9-10-26(23,33-6)19(22(29)32-5)18(24)21(28)31-4/h7-10,16,18-19H,11-13H2,1-6H3/t16-,18+,19-,23-,24-,25-,26-/m0/s1. The van der Waals surface area contributed by atoms with Crippen molar-refractivity contribution in [1.29, 1.82) is 0 Å². The molecule has 1 aromatic carbocycles. The average molecular weight is 470 g/mol. The number of rotatable bonds is 4. The van der Waals surface area contributed by atoms with E-state index in [0.29, 0.717) is 11.5 Å². The van der Waals surface area contributed by atoms with Crippen LogP contribution in [-0.2, 0) is 35.6 Å². The quantitative estimate of drug-likeness (QED) is 0.488. The van der Waals surface area contributed by atoms with Crippen molar-refractivity contribution < 1.29 is 33.3 Å². The Morgan fingerprint density at radius 2 is 1.76 bits per heavy atom. The van der Waals surface area contributed by atoms with Gasteiger partial charge in [-0.1, -0.05) is 18.2 Å². The number of methoxy groups -OCH3 is 4. The Bertz CT molecular complexity index is 1150. The fourth-order valence-electron chi connectivity index (χ4n) is 8.80. The average Bonchev–Trinajstić information content (AvgIpc) is 3.14. The summed E-state index contributed by atoms with van der Waals surface area (Å²) in [4.78, 5) is 29.5. The van der Waals surface area contributed by atoms with E-state index in [1.54, 1.807) is 14.2 Å². The molecule has 6 aliphatic rings. The summed E-state index contributed by atoms with van der Waals surface area (Å²) in [5.74, 6) is -1.34. The second-order valence-corrected chi connectivity index (χ2v) is 10.4. The molecule has 0 N–H and O–H groups in total. The summed E-state index contributed by atoms with van der Waals surface area (Å²) in [6, 6.07) is 4.02. The van der Waals surface area contributed by atoms with Crippen molar-refractivity contribution in [2.24, 2.45) is 17.3 Å². The summed E-state index contributed by atoms with van der Waals surface area (Å²) in [5, 5.41) is 0. The fraction of sp³-hybridized carbons (Fsp3) is 0.615. The third-order valence-corrected chi connectivity index (χ3v) is 9.96. The van der Waals surface area contributed by atoms with Crippen molar-refractivity contribution in [3.63, 3.8) is 0 Å². The molecule has 34 heavy (non-hydrogen) atoms. The third-order valence-electron chi connectivity index (χ3n) is 9.96. The summed E-state index contributed by atoms with van der Waals surface area (Å²) in [7, 11) is 8.03. The number of likely N-dealkylation sites (tertiary alicyclic amines) is 1. The van der Waals surface area contributed by atoms with Gasteiger partial charge in [-0.15, -0.1) is 0 Å². The van der Waals surface area contributed by atoms with Gasteiger partial charge in [0.05, 0.1) is 32.7 Å². The lowest BCUT2D eigenvalue weighted by molar-refractivity contribution is -0.282. The monoisotopic (exact) mass is 469 g/mol. The van der Waals surface area contributed by atoms with E-state index in [2.05, 4.69) is 24.1 Å². The van der Waals surface area contributed by atoms with Gasteiger partial charge in [-0.05, 0) is 45.0 Å². The molecule has 1 saturated heterocycles. The highest BCUT2D eigenvalue weighted by Crippen LogP contribution is 2.79. The molecule has 1 saturated carbocycles. The highest BCUT2D eigenvalue weighted by atomic mass is 16.6. The van der Waals surface area contributed by atoms with Crippen LogP contribution in [0.2, 0.25) is 0 Å². The van der Waals surface area contributed by atoms with Crippen molar-refractivity contribution >= 4 is 11.9 Å². The molecule has 0 unspecified atom stereocenters. The molecule has 2 spiro atoms. The van der Waals surface area contributed by atoms with E-state index in [4.69, 9.17) is 23.7 Å². The number of piperidine rings is 1. The Balaban J connectivity index is 1.80.